The summed E-state index contributed by atoms with van der Waals surface area (Å²) in [6.45, 7) is 6.28. The molecule has 114 valence electrons. The smallest absolute Gasteiger partial charge is 0.305 e. The molecular weight excluding hydrogens is 283 g/mol. The number of amides is 1. The third-order valence-corrected chi connectivity index (χ3v) is 3.38. The monoisotopic (exact) mass is 299 g/mol. The van der Waals surface area contributed by atoms with E-state index >= 15 is 0 Å². The van der Waals surface area contributed by atoms with Gasteiger partial charge >= 0.3 is 6.18 Å². The highest BCUT2D eigenvalue weighted by molar-refractivity contribution is 6.52. The minimum atomic E-state index is -4.53. The maximum Gasteiger partial charge on any atom is 0.416 e. The van der Waals surface area contributed by atoms with Crippen LogP contribution in [0.2, 0.25) is 0 Å². The van der Waals surface area contributed by atoms with Gasteiger partial charge in [0.05, 0.1) is 16.8 Å². The van der Waals surface area contributed by atoms with Gasteiger partial charge in [0.1, 0.15) is 0 Å². The Balaban J connectivity index is 2.35. The van der Waals surface area contributed by atoms with Crippen molar-refractivity contribution in [3.05, 3.63) is 29.3 Å². The number of carbonyl (C=O) groups is 2. The lowest BCUT2D eigenvalue weighted by molar-refractivity contribution is -0.137. The maximum absolute atomic E-state index is 12.7. The molecule has 0 bridgehead atoms. The zero-order valence-electron chi connectivity index (χ0n) is 12.0. The highest BCUT2D eigenvalue weighted by Crippen LogP contribution is 2.36. The van der Waals surface area contributed by atoms with Gasteiger partial charge < -0.3 is 4.90 Å². The summed E-state index contributed by atoms with van der Waals surface area (Å²) in [7, 11) is 0. The van der Waals surface area contributed by atoms with Crippen molar-refractivity contribution in [3.8, 4) is 0 Å². The molecule has 0 unspecified atom stereocenters. The fraction of sp³-hybridized carbons (Fsp3) is 0.467. The molecule has 1 aromatic rings. The summed E-state index contributed by atoms with van der Waals surface area (Å²) < 4.78 is 38.0. The molecule has 0 aliphatic carbocycles. The molecule has 0 atom stereocenters. The number of nitrogens with zero attached hydrogens (tertiary/aromatic N) is 1. The highest BCUT2D eigenvalue weighted by Gasteiger charge is 2.39. The zero-order valence-corrected chi connectivity index (χ0v) is 12.0. The lowest BCUT2D eigenvalue weighted by Gasteiger charge is -2.23. The van der Waals surface area contributed by atoms with Gasteiger partial charge in [-0.1, -0.05) is 20.8 Å². The Labute approximate surface area is 120 Å². The van der Waals surface area contributed by atoms with Gasteiger partial charge in [0.25, 0.3) is 11.7 Å². The number of benzene rings is 1. The fourth-order valence-electron chi connectivity index (χ4n) is 2.15. The van der Waals surface area contributed by atoms with E-state index in [-0.39, 0.29) is 16.7 Å². The van der Waals surface area contributed by atoms with Crippen LogP contribution in [-0.2, 0) is 11.0 Å². The van der Waals surface area contributed by atoms with E-state index in [1.54, 1.807) is 0 Å². The molecular formula is C15H16F3NO2. The molecule has 0 spiro atoms. The molecule has 6 heteroatoms. The number of Topliss-reactive ketones (excluding diaryl/α,β-unsaturated/α-hetero) is 1. The average Bonchev–Trinajstić information content (AvgIpc) is 2.58. The van der Waals surface area contributed by atoms with Crippen molar-refractivity contribution in [3.63, 3.8) is 0 Å². The van der Waals surface area contributed by atoms with Gasteiger partial charge in [-0.25, -0.2) is 0 Å². The Kier molecular flexibility index (Phi) is 3.59. The summed E-state index contributed by atoms with van der Waals surface area (Å²) in [5.41, 5.74) is -0.857. The molecule has 1 aliphatic rings. The third kappa shape index (κ3) is 3.09. The Morgan fingerprint density at radius 2 is 1.71 bits per heavy atom. The second-order valence-corrected chi connectivity index (χ2v) is 6.33. The van der Waals surface area contributed by atoms with E-state index in [1.165, 1.54) is 11.0 Å². The molecule has 1 heterocycles. The Morgan fingerprint density at radius 1 is 1.10 bits per heavy atom. The Hall–Kier alpha value is -1.85. The zero-order chi connectivity index (χ0) is 16.0. The van der Waals surface area contributed by atoms with Crippen LogP contribution in [0.15, 0.2) is 18.2 Å². The van der Waals surface area contributed by atoms with Crippen molar-refractivity contribution in [2.24, 2.45) is 5.41 Å². The van der Waals surface area contributed by atoms with Gasteiger partial charge in [-0.3, -0.25) is 9.59 Å². The van der Waals surface area contributed by atoms with E-state index in [4.69, 9.17) is 0 Å². The summed E-state index contributed by atoms with van der Waals surface area (Å²) in [4.78, 5) is 25.1. The van der Waals surface area contributed by atoms with Crippen molar-refractivity contribution in [1.82, 2.24) is 0 Å². The number of hydrogen-bond acceptors (Lipinski definition) is 2. The second kappa shape index (κ2) is 4.86. The SMILES string of the molecule is CC(C)(C)CCN1C(=O)C(=O)c2cc(C(F)(F)F)ccc21. The van der Waals surface area contributed by atoms with E-state index in [1.807, 2.05) is 20.8 Å². The van der Waals surface area contributed by atoms with Crippen LogP contribution in [-0.4, -0.2) is 18.2 Å². The van der Waals surface area contributed by atoms with Crippen LogP contribution in [0, 0.1) is 5.41 Å². The molecule has 2 rings (SSSR count). The number of hydrogen-bond donors (Lipinski definition) is 0. The van der Waals surface area contributed by atoms with E-state index < -0.39 is 23.4 Å². The molecule has 0 N–H and O–H groups in total. The first-order valence-corrected chi connectivity index (χ1v) is 6.58. The van der Waals surface area contributed by atoms with Crippen molar-refractivity contribution in [2.75, 3.05) is 11.4 Å². The molecule has 0 aromatic heterocycles. The summed E-state index contributed by atoms with van der Waals surface area (Å²) >= 11 is 0. The molecule has 1 aliphatic heterocycles. The molecule has 1 amide bonds. The van der Waals surface area contributed by atoms with Crippen LogP contribution < -0.4 is 4.90 Å². The fourth-order valence-corrected chi connectivity index (χ4v) is 2.15. The van der Waals surface area contributed by atoms with Gasteiger partial charge in [0, 0.05) is 6.54 Å². The summed E-state index contributed by atoms with van der Waals surface area (Å²) in [5.74, 6) is -1.63. The van der Waals surface area contributed by atoms with Crippen molar-refractivity contribution in [2.45, 2.75) is 33.4 Å². The molecule has 1 aromatic carbocycles. The predicted molar refractivity (Wildman–Crippen MR) is 72.2 cm³/mol. The predicted octanol–water partition coefficient (Wildman–Crippen LogP) is 3.67. The first-order valence-electron chi connectivity index (χ1n) is 6.58. The highest BCUT2D eigenvalue weighted by atomic mass is 19.4. The number of fused-ring (bicyclic) bond motifs is 1. The first kappa shape index (κ1) is 15.5. The van der Waals surface area contributed by atoms with Crippen LogP contribution in [0.3, 0.4) is 0 Å². The van der Waals surface area contributed by atoms with Crippen LogP contribution in [0.5, 0.6) is 0 Å². The van der Waals surface area contributed by atoms with Crippen LogP contribution >= 0.6 is 0 Å². The Bertz CT molecular complexity index is 600. The normalized spacial score (nSPS) is 15.6. The van der Waals surface area contributed by atoms with Crippen molar-refractivity contribution in [1.29, 1.82) is 0 Å². The molecule has 0 fully saturated rings. The van der Waals surface area contributed by atoms with E-state index in [2.05, 4.69) is 0 Å². The second-order valence-electron chi connectivity index (χ2n) is 6.33. The lowest BCUT2D eigenvalue weighted by Crippen LogP contribution is -2.32. The van der Waals surface area contributed by atoms with Gasteiger partial charge in [0.2, 0.25) is 0 Å². The van der Waals surface area contributed by atoms with E-state index in [0.29, 0.717) is 13.0 Å². The number of anilines is 1. The van der Waals surface area contributed by atoms with Gasteiger partial charge in [-0.05, 0) is 30.0 Å². The quantitative estimate of drug-likeness (QED) is 0.781. The summed E-state index contributed by atoms with van der Waals surface area (Å²) in [6, 6.07) is 2.85. The summed E-state index contributed by atoms with van der Waals surface area (Å²) in [6.07, 6.45) is -3.89. The average molecular weight is 299 g/mol. The number of carbonyl (C=O) groups excluding carboxylic acids is 2. The van der Waals surface area contributed by atoms with Gasteiger partial charge in [0.15, 0.2) is 0 Å². The number of rotatable bonds is 2. The van der Waals surface area contributed by atoms with E-state index in [0.717, 1.165) is 12.1 Å². The van der Waals surface area contributed by atoms with Gasteiger partial charge in [-0.15, -0.1) is 0 Å². The van der Waals surface area contributed by atoms with E-state index in [9.17, 15) is 22.8 Å². The largest absolute Gasteiger partial charge is 0.416 e. The lowest BCUT2D eigenvalue weighted by atomic mass is 9.92. The van der Waals surface area contributed by atoms with Crippen LogP contribution in [0.25, 0.3) is 0 Å². The standard InChI is InChI=1S/C15H16F3NO2/c1-14(2,3)6-7-19-11-5-4-9(15(16,17)18)8-10(11)12(20)13(19)21/h4-5,8H,6-7H2,1-3H3. The molecule has 0 saturated carbocycles. The maximum atomic E-state index is 12.7. The number of halogens is 3. The molecule has 3 nitrogen and oxygen atoms in total. The summed E-state index contributed by atoms with van der Waals surface area (Å²) in [5, 5.41) is 0. The molecule has 0 saturated heterocycles. The number of alkyl halides is 3. The molecule has 0 radical (unpaired) electrons. The van der Waals surface area contributed by atoms with Crippen molar-refractivity contribution >= 4 is 17.4 Å². The minimum Gasteiger partial charge on any atom is -0.305 e. The number of ketones is 1. The third-order valence-electron chi connectivity index (χ3n) is 3.38. The Morgan fingerprint density at radius 3 is 2.24 bits per heavy atom. The van der Waals surface area contributed by atoms with Crippen LogP contribution in [0.1, 0.15) is 43.1 Å². The molecule has 21 heavy (non-hydrogen) atoms. The first-order chi connectivity index (χ1) is 9.50. The minimum absolute atomic E-state index is 0.0437. The van der Waals surface area contributed by atoms with Crippen molar-refractivity contribution < 1.29 is 22.8 Å². The topological polar surface area (TPSA) is 37.4 Å². The van der Waals surface area contributed by atoms with Crippen LogP contribution in [0.4, 0.5) is 18.9 Å². The van der Waals surface area contributed by atoms with Gasteiger partial charge in [-0.2, -0.15) is 13.2 Å².